The predicted octanol–water partition coefficient (Wildman–Crippen LogP) is -2.13. The summed E-state index contributed by atoms with van der Waals surface area (Å²) in [5.41, 5.74) is 5.19. The van der Waals surface area contributed by atoms with Crippen molar-refractivity contribution in [1.82, 2.24) is 15.5 Å². The van der Waals surface area contributed by atoms with Gasteiger partial charge in [0.1, 0.15) is 12.3 Å². The van der Waals surface area contributed by atoms with Crippen LogP contribution in [0.2, 0.25) is 0 Å². The van der Waals surface area contributed by atoms with Crippen molar-refractivity contribution in [3.8, 4) is 0 Å². The van der Waals surface area contributed by atoms with E-state index in [9.17, 15) is 19.8 Å². The molecule has 0 spiro atoms. The molecule has 0 aromatic rings. The molecular formula is C14H26N4O4. The third kappa shape index (κ3) is 3.75. The summed E-state index contributed by atoms with van der Waals surface area (Å²) in [4.78, 5) is 25.4. The minimum atomic E-state index is -1.11. The van der Waals surface area contributed by atoms with E-state index < -0.39 is 30.3 Å². The molecule has 126 valence electrons. The van der Waals surface area contributed by atoms with Crippen LogP contribution in [0.4, 0.5) is 0 Å². The van der Waals surface area contributed by atoms with E-state index in [0.29, 0.717) is 13.0 Å². The van der Waals surface area contributed by atoms with Gasteiger partial charge in [0, 0.05) is 12.6 Å². The Kier molecular flexibility index (Phi) is 5.74. The number of rotatable bonds is 6. The summed E-state index contributed by atoms with van der Waals surface area (Å²) >= 11 is 0. The van der Waals surface area contributed by atoms with Crippen molar-refractivity contribution >= 4 is 11.8 Å². The Hall–Kier alpha value is -1.22. The fourth-order valence-corrected chi connectivity index (χ4v) is 3.26. The maximum Gasteiger partial charge on any atom is 0.242 e. The fourth-order valence-electron chi connectivity index (χ4n) is 3.26. The van der Waals surface area contributed by atoms with Gasteiger partial charge < -0.3 is 26.6 Å². The first-order valence-corrected chi connectivity index (χ1v) is 7.86. The van der Waals surface area contributed by atoms with Crippen LogP contribution < -0.4 is 16.4 Å². The van der Waals surface area contributed by atoms with Crippen LogP contribution in [0.25, 0.3) is 0 Å². The lowest BCUT2D eigenvalue weighted by Gasteiger charge is -2.33. The second kappa shape index (κ2) is 7.36. The first-order valence-electron chi connectivity index (χ1n) is 7.86. The van der Waals surface area contributed by atoms with Crippen LogP contribution in [0.5, 0.6) is 0 Å². The van der Waals surface area contributed by atoms with Gasteiger partial charge in [0.25, 0.3) is 0 Å². The van der Waals surface area contributed by atoms with E-state index in [0.717, 1.165) is 25.8 Å². The molecule has 0 radical (unpaired) electrons. The molecule has 2 aliphatic heterocycles. The van der Waals surface area contributed by atoms with E-state index in [2.05, 4.69) is 10.6 Å². The average Bonchev–Trinajstić information content (AvgIpc) is 3.13. The molecule has 0 bridgehead atoms. The van der Waals surface area contributed by atoms with Crippen LogP contribution in [-0.4, -0.2) is 70.5 Å². The van der Waals surface area contributed by atoms with Crippen molar-refractivity contribution in [3.05, 3.63) is 0 Å². The number of hydrogen-bond donors (Lipinski definition) is 5. The Balaban J connectivity index is 1.99. The number of nitrogens with one attached hydrogen (secondary N) is 2. The Morgan fingerprint density at radius 1 is 1.32 bits per heavy atom. The Morgan fingerprint density at radius 2 is 2.05 bits per heavy atom. The van der Waals surface area contributed by atoms with E-state index in [1.54, 1.807) is 4.90 Å². The fraction of sp³-hybridized carbons (Fsp3) is 0.857. The van der Waals surface area contributed by atoms with Gasteiger partial charge in [0.15, 0.2) is 0 Å². The predicted molar refractivity (Wildman–Crippen MR) is 79.6 cm³/mol. The number of aliphatic hydroxyl groups excluding tert-OH is 2. The van der Waals surface area contributed by atoms with Gasteiger partial charge in [-0.2, -0.15) is 0 Å². The standard InChI is InChI=1S/C14H26N4O4/c1-8(19)11(12(15)20)17-13(21)10-5-3-7-18(10)14(22)9-4-2-6-16-9/h8-11,14,16,19,22H,2-7H2,1H3,(H2,15,20)(H,17,21)/t8-,9-,10+,11+,14?/m1/s1. The van der Waals surface area contributed by atoms with Crippen molar-refractivity contribution in [3.63, 3.8) is 0 Å². The molecule has 5 atom stereocenters. The van der Waals surface area contributed by atoms with Gasteiger partial charge in [-0.1, -0.05) is 0 Å². The SMILES string of the molecule is C[C@@H](O)[C@H](NC(=O)[C@@H]1CCCN1C(O)[C@H]1CCCN1)C(N)=O. The normalized spacial score (nSPS) is 30.0. The maximum absolute atomic E-state index is 12.4. The molecule has 1 unspecified atom stereocenters. The molecule has 0 saturated carbocycles. The molecule has 2 rings (SSSR count). The van der Waals surface area contributed by atoms with E-state index in [-0.39, 0.29) is 11.9 Å². The number of carbonyl (C=O) groups is 2. The third-order valence-electron chi connectivity index (χ3n) is 4.48. The topological polar surface area (TPSA) is 128 Å². The highest BCUT2D eigenvalue weighted by atomic mass is 16.3. The zero-order valence-corrected chi connectivity index (χ0v) is 12.9. The van der Waals surface area contributed by atoms with Crippen molar-refractivity contribution in [1.29, 1.82) is 0 Å². The summed E-state index contributed by atoms with van der Waals surface area (Å²) in [6, 6.07) is -1.65. The summed E-state index contributed by atoms with van der Waals surface area (Å²) in [7, 11) is 0. The Bertz CT molecular complexity index is 412. The molecule has 22 heavy (non-hydrogen) atoms. The highest BCUT2D eigenvalue weighted by Gasteiger charge is 2.39. The van der Waals surface area contributed by atoms with Gasteiger partial charge in [-0.05, 0) is 39.2 Å². The number of amides is 2. The van der Waals surface area contributed by atoms with E-state index in [4.69, 9.17) is 5.73 Å². The number of nitrogens with zero attached hydrogens (tertiary/aromatic N) is 1. The smallest absolute Gasteiger partial charge is 0.242 e. The van der Waals surface area contributed by atoms with Gasteiger partial charge in [-0.25, -0.2) is 0 Å². The Morgan fingerprint density at radius 3 is 2.59 bits per heavy atom. The summed E-state index contributed by atoms with van der Waals surface area (Å²) in [6.45, 7) is 2.91. The highest BCUT2D eigenvalue weighted by molar-refractivity contribution is 5.89. The molecule has 6 N–H and O–H groups in total. The van der Waals surface area contributed by atoms with E-state index in [1.165, 1.54) is 6.92 Å². The summed E-state index contributed by atoms with van der Waals surface area (Å²) < 4.78 is 0. The summed E-state index contributed by atoms with van der Waals surface area (Å²) in [5.74, 6) is -1.15. The molecule has 0 aliphatic carbocycles. The number of primary amides is 1. The van der Waals surface area contributed by atoms with Gasteiger partial charge >= 0.3 is 0 Å². The second-order valence-electron chi connectivity index (χ2n) is 6.14. The molecule has 2 fully saturated rings. The number of carbonyl (C=O) groups excluding carboxylic acids is 2. The van der Waals surface area contributed by atoms with Crippen molar-refractivity contribution < 1.29 is 19.8 Å². The van der Waals surface area contributed by atoms with E-state index >= 15 is 0 Å². The maximum atomic E-state index is 12.4. The first-order chi connectivity index (χ1) is 10.4. The van der Waals surface area contributed by atoms with Gasteiger partial charge in [-0.3, -0.25) is 14.5 Å². The van der Waals surface area contributed by atoms with E-state index in [1.807, 2.05) is 0 Å². The largest absolute Gasteiger partial charge is 0.391 e. The minimum Gasteiger partial charge on any atom is -0.391 e. The van der Waals surface area contributed by atoms with Crippen LogP contribution in [0.3, 0.4) is 0 Å². The summed E-state index contributed by atoms with van der Waals surface area (Å²) in [6.07, 6.45) is 1.53. The molecule has 8 nitrogen and oxygen atoms in total. The molecular weight excluding hydrogens is 288 g/mol. The first kappa shape index (κ1) is 17.1. The van der Waals surface area contributed by atoms with Gasteiger partial charge in [0.2, 0.25) is 11.8 Å². The highest BCUT2D eigenvalue weighted by Crippen LogP contribution is 2.23. The van der Waals surface area contributed by atoms with Crippen molar-refractivity contribution in [2.75, 3.05) is 13.1 Å². The van der Waals surface area contributed by atoms with Crippen molar-refractivity contribution in [2.45, 2.75) is 63.1 Å². The second-order valence-corrected chi connectivity index (χ2v) is 6.14. The molecule has 0 aromatic heterocycles. The zero-order chi connectivity index (χ0) is 16.3. The zero-order valence-electron chi connectivity index (χ0n) is 12.9. The van der Waals surface area contributed by atoms with Gasteiger partial charge in [0.05, 0.1) is 12.1 Å². The van der Waals surface area contributed by atoms with Crippen molar-refractivity contribution in [2.24, 2.45) is 5.73 Å². The number of nitrogens with two attached hydrogens (primary N) is 1. The Labute approximate surface area is 130 Å². The number of likely N-dealkylation sites (tertiary alicyclic amines) is 1. The van der Waals surface area contributed by atoms with Crippen LogP contribution in [-0.2, 0) is 9.59 Å². The lowest BCUT2D eigenvalue weighted by atomic mass is 10.1. The molecule has 2 amide bonds. The average molecular weight is 314 g/mol. The molecule has 8 heteroatoms. The van der Waals surface area contributed by atoms with Crippen LogP contribution >= 0.6 is 0 Å². The molecule has 2 aliphatic rings. The number of hydrogen-bond acceptors (Lipinski definition) is 6. The number of aliphatic hydroxyl groups is 2. The lowest BCUT2D eigenvalue weighted by Crippen LogP contribution is -2.58. The summed E-state index contributed by atoms with van der Waals surface area (Å²) in [5, 5.41) is 25.7. The van der Waals surface area contributed by atoms with Gasteiger partial charge in [-0.15, -0.1) is 0 Å². The molecule has 2 saturated heterocycles. The van der Waals surface area contributed by atoms with Crippen LogP contribution in [0.15, 0.2) is 0 Å². The van der Waals surface area contributed by atoms with Crippen LogP contribution in [0, 0.1) is 0 Å². The monoisotopic (exact) mass is 314 g/mol. The van der Waals surface area contributed by atoms with Crippen LogP contribution in [0.1, 0.15) is 32.6 Å². The third-order valence-corrected chi connectivity index (χ3v) is 4.48. The molecule has 0 aromatic carbocycles. The lowest BCUT2D eigenvalue weighted by molar-refractivity contribution is -0.135. The quantitative estimate of drug-likeness (QED) is 0.381. The molecule has 2 heterocycles. The minimum absolute atomic E-state index is 0.0305.